The number of aryl methyl sites for hydroxylation is 2. The number of nitrogens with zero attached hydrogens (tertiary/aromatic N) is 6. The van der Waals surface area contributed by atoms with E-state index in [1.807, 2.05) is 51.1 Å². The van der Waals surface area contributed by atoms with E-state index in [-0.39, 0.29) is 0 Å². The van der Waals surface area contributed by atoms with Crippen LogP contribution in [0.15, 0.2) is 53.9 Å². The van der Waals surface area contributed by atoms with Gasteiger partial charge in [0.1, 0.15) is 0 Å². The SMILES string of the molecule is CC1=CC(c2cn(-c3ccc(N4CCOCCOCCOCCOCCOCC4)cc3)nn2)=[N+]2C1=C(C)c1c(C)cc(C)n1[B-]2(F)F. The van der Waals surface area contributed by atoms with Crippen LogP contribution in [0.3, 0.4) is 0 Å². The van der Waals surface area contributed by atoms with Crippen molar-refractivity contribution in [2.75, 3.05) is 84.1 Å². The van der Waals surface area contributed by atoms with Crippen molar-refractivity contribution in [1.29, 1.82) is 0 Å². The third-order valence-corrected chi connectivity index (χ3v) is 8.71. The Morgan fingerprint density at radius 1 is 0.745 bits per heavy atom. The zero-order chi connectivity index (χ0) is 33.0. The fourth-order valence-electron chi connectivity index (χ4n) is 6.60. The summed E-state index contributed by atoms with van der Waals surface area (Å²) in [6, 6.07) is 9.72. The zero-order valence-electron chi connectivity index (χ0n) is 27.6. The second-order valence-electron chi connectivity index (χ2n) is 11.9. The molecule has 1 fully saturated rings. The fraction of sp³-hybridized carbons (Fsp3) is 0.485. The van der Waals surface area contributed by atoms with Gasteiger partial charge in [0.25, 0.3) is 0 Å². The molecule has 3 aliphatic heterocycles. The Morgan fingerprint density at radius 3 is 1.85 bits per heavy atom. The summed E-state index contributed by atoms with van der Waals surface area (Å²) in [6.45, 7) is 9.76. The Hall–Kier alpha value is -3.69. The van der Waals surface area contributed by atoms with Crippen molar-refractivity contribution < 1.29 is 36.8 Å². The van der Waals surface area contributed by atoms with Crippen LogP contribution < -0.4 is 4.90 Å². The van der Waals surface area contributed by atoms with E-state index >= 15 is 8.63 Å². The highest BCUT2D eigenvalue weighted by Crippen LogP contribution is 2.41. The van der Waals surface area contributed by atoms with Crippen LogP contribution in [0, 0.1) is 13.8 Å². The molecule has 0 spiro atoms. The third-order valence-electron chi connectivity index (χ3n) is 8.71. The molecular weight excluding hydrogens is 609 g/mol. The van der Waals surface area contributed by atoms with E-state index < -0.39 is 6.97 Å². The molecule has 11 nitrogen and oxygen atoms in total. The minimum absolute atomic E-state index is 0.341. The molecule has 3 aliphatic rings. The van der Waals surface area contributed by atoms with Gasteiger partial charge in [0.2, 0.25) is 0 Å². The molecular formula is C33H43BF2N6O5. The molecule has 5 heterocycles. The lowest BCUT2D eigenvalue weighted by molar-refractivity contribution is -0.362. The number of hydrogen-bond donors (Lipinski definition) is 0. The van der Waals surface area contributed by atoms with Gasteiger partial charge in [-0.1, -0.05) is 5.21 Å². The van der Waals surface area contributed by atoms with E-state index in [2.05, 4.69) is 15.2 Å². The van der Waals surface area contributed by atoms with E-state index in [1.54, 1.807) is 23.9 Å². The third kappa shape index (κ3) is 6.97. The van der Waals surface area contributed by atoms with Crippen LogP contribution in [0.2, 0.25) is 0 Å². The average molecular weight is 653 g/mol. The summed E-state index contributed by atoms with van der Waals surface area (Å²) in [5.41, 5.74) is 6.59. The minimum atomic E-state index is -4.13. The van der Waals surface area contributed by atoms with E-state index in [0.717, 1.165) is 32.6 Å². The van der Waals surface area contributed by atoms with E-state index in [9.17, 15) is 0 Å². The summed E-state index contributed by atoms with van der Waals surface area (Å²) in [4.78, 5) is 2.20. The van der Waals surface area contributed by atoms with Gasteiger partial charge in [0.05, 0.1) is 78.0 Å². The van der Waals surface area contributed by atoms with Gasteiger partial charge >= 0.3 is 6.97 Å². The molecule has 0 unspecified atom stereocenters. The highest BCUT2D eigenvalue weighted by Gasteiger charge is 2.55. The summed E-state index contributed by atoms with van der Waals surface area (Å²) in [6.07, 6.45) is 3.49. The predicted octanol–water partition coefficient (Wildman–Crippen LogP) is 4.02. The second kappa shape index (κ2) is 14.6. The Bertz CT molecular complexity index is 1650. The van der Waals surface area contributed by atoms with Gasteiger partial charge in [-0.25, -0.2) is 4.68 Å². The quantitative estimate of drug-likeness (QED) is 0.393. The molecule has 14 heteroatoms. The Balaban J connectivity index is 1.19. The van der Waals surface area contributed by atoms with Crippen LogP contribution >= 0.6 is 0 Å². The van der Waals surface area contributed by atoms with Crippen LogP contribution in [-0.2, 0) is 23.7 Å². The van der Waals surface area contributed by atoms with Crippen LogP contribution in [0.1, 0.15) is 36.5 Å². The van der Waals surface area contributed by atoms with Gasteiger partial charge in [-0.2, -0.15) is 0 Å². The Labute approximate surface area is 274 Å². The maximum atomic E-state index is 16.3. The van der Waals surface area contributed by atoms with Gasteiger partial charge < -0.3 is 46.2 Å². The lowest BCUT2D eigenvalue weighted by Crippen LogP contribution is -2.51. The van der Waals surface area contributed by atoms with Crippen molar-refractivity contribution in [2.45, 2.75) is 27.7 Å². The smallest absolute Gasteiger partial charge is 0.394 e. The molecule has 0 bridgehead atoms. The van der Waals surface area contributed by atoms with Gasteiger partial charge in [0.15, 0.2) is 17.1 Å². The van der Waals surface area contributed by atoms with Crippen LogP contribution in [0.4, 0.5) is 14.3 Å². The molecule has 0 aliphatic carbocycles. The lowest BCUT2D eigenvalue weighted by Gasteiger charge is -2.33. The summed E-state index contributed by atoms with van der Waals surface area (Å²) < 4.78 is 64.7. The predicted molar refractivity (Wildman–Crippen MR) is 176 cm³/mol. The molecule has 0 atom stereocenters. The highest BCUT2D eigenvalue weighted by molar-refractivity contribution is 6.58. The number of ether oxygens (including phenoxy) is 5. The number of hydrogen-bond acceptors (Lipinski definition) is 8. The Morgan fingerprint density at radius 2 is 1.28 bits per heavy atom. The van der Waals surface area contributed by atoms with E-state index in [1.165, 1.54) is 4.48 Å². The normalized spacial score (nSPS) is 20.5. The lowest BCUT2D eigenvalue weighted by atomic mass is 9.86. The van der Waals surface area contributed by atoms with E-state index in [0.29, 0.717) is 108 Å². The molecule has 0 saturated carbocycles. The maximum absolute atomic E-state index is 16.3. The molecule has 0 amide bonds. The first-order chi connectivity index (χ1) is 22.8. The average Bonchev–Trinajstić information content (AvgIpc) is 3.76. The number of rotatable bonds is 3. The van der Waals surface area contributed by atoms with Gasteiger partial charge in [0, 0.05) is 41.7 Å². The van der Waals surface area contributed by atoms with Crippen LogP contribution in [0.25, 0.3) is 11.3 Å². The maximum Gasteiger partial charge on any atom is 0.737 e. The van der Waals surface area contributed by atoms with Crippen molar-refractivity contribution in [3.8, 4) is 5.69 Å². The Kier molecular flexibility index (Phi) is 10.3. The van der Waals surface area contributed by atoms with Crippen molar-refractivity contribution in [1.82, 2.24) is 19.5 Å². The first-order valence-electron chi connectivity index (χ1n) is 16.2. The summed E-state index contributed by atoms with van der Waals surface area (Å²) in [7, 11) is 0. The van der Waals surface area contributed by atoms with Crippen molar-refractivity contribution in [3.63, 3.8) is 0 Å². The van der Waals surface area contributed by atoms with Crippen molar-refractivity contribution in [2.24, 2.45) is 0 Å². The monoisotopic (exact) mass is 652 g/mol. The summed E-state index contributed by atoms with van der Waals surface area (Å²) in [5, 5.41) is 8.67. The molecule has 0 radical (unpaired) electrons. The molecule has 0 N–H and O–H groups in total. The standard InChI is InChI=1S/C33H43BF2N6O5/c1-24-21-26(3)41-32(24)27(4)33-25(2)22-31(42(33)34(41,35)36)30-23-40(38-37-30)29-7-5-28(6-8-29)39-9-11-43-13-15-45-17-19-47-20-18-46-16-14-44-12-10-39/h5-8,21-23H,9-20H2,1-4H3. The molecule has 3 aromatic rings. The number of anilines is 1. The van der Waals surface area contributed by atoms with Crippen molar-refractivity contribution >= 4 is 23.9 Å². The van der Waals surface area contributed by atoms with Crippen LogP contribution in [-0.4, -0.2) is 116 Å². The number of aromatic nitrogens is 4. The zero-order valence-corrected chi connectivity index (χ0v) is 27.6. The number of benzene rings is 1. The topological polar surface area (TPSA) is 88.0 Å². The molecule has 1 saturated heterocycles. The molecule has 47 heavy (non-hydrogen) atoms. The molecule has 6 rings (SSSR count). The van der Waals surface area contributed by atoms with Crippen molar-refractivity contribution in [3.05, 3.63) is 76.5 Å². The number of halogens is 2. The second-order valence-corrected chi connectivity index (χ2v) is 11.9. The summed E-state index contributed by atoms with van der Waals surface area (Å²) >= 11 is 0. The van der Waals surface area contributed by atoms with Crippen LogP contribution in [0.5, 0.6) is 0 Å². The summed E-state index contributed by atoms with van der Waals surface area (Å²) in [5.74, 6) is 0. The first kappa shape index (κ1) is 33.2. The molecule has 1 aromatic carbocycles. The van der Waals surface area contributed by atoms with E-state index in [4.69, 9.17) is 23.7 Å². The van der Waals surface area contributed by atoms with Gasteiger partial charge in [-0.3, -0.25) is 0 Å². The largest absolute Gasteiger partial charge is 0.737 e. The minimum Gasteiger partial charge on any atom is -0.394 e. The number of fused-ring (bicyclic) bond motifs is 2. The number of allylic oxidation sites excluding steroid dienone is 3. The first-order valence-corrected chi connectivity index (χ1v) is 16.2. The van der Waals surface area contributed by atoms with Gasteiger partial charge in [-0.15, -0.1) is 5.10 Å². The highest BCUT2D eigenvalue weighted by atomic mass is 19.2. The molecule has 2 aromatic heterocycles. The fourth-order valence-corrected chi connectivity index (χ4v) is 6.60. The van der Waals surface area contributed by atoms with Gasteiger partial charge in [-0.05, 0) is 69.3 Å². The molecule has 252 valence electrons.